The smallest absolute Gasteiger partial charge is 0.119 e. The maximum atomic E-state index is 5.76. The lowest BCUT2D eigenvalue weighted by Gasteiger charge is -2.10. The van der Waals surface area contributed by atoms with Crippen LogP contribution in [0.15, 0.2) is 54.6 Å². The number of benzene rings is 2. The number of rotatable bonds is 5. The highest BCUT2D eigenvalue weighted by molar-refractivity contribution is 9.09. The van der Waals surface area contributed by atoms with E-state index in [2.05, 4.69) is 40.2 Å². The minimum absolute atomic E-state index is 0.632. The van der Waals surface area contributed by atoms with Crippen molar-refractivity contribution in [3.05, 3.63) is 65.7 Å². The van der Waals surface area contributed by atoms with Crippen molar-refractivity contribution in [1.29, 1.82) is 0 Å². The molecule has 0 atom stereocenters. The summed E-state index contributed by atoms with van der Waals surface area (Å²) in [5.74, 6) is 0.918. The number of halogens is 1. The van der Waals surface area contributed by atoms with Crippen molar-refractivity contribution in [2.24, 2.45) is 0 Å². The molecular weight excluding hydrogens is 276 g/mol. The Bertz CT molecular complexity index is 453. The summed E-state index contributed by atoms with van der Waals surface area (Å²) in [6, 6.07) is 18.3. The Kier molecular flexibility index (Phi) is 4.63. The van der Waals surface area contributed by atoms with Gasteiger partial charge in [-0.2, -0.15) is 0 Å². The fourth-order valence-corrected chi connectivity index (χ4v) is 2.15. The van der Waals surface area contributed by atoms with Crippen LogP contribution in [-0.2, 0) is 13.0 Å². The standard InChI is InChI=1S/C15H15BrO/c16-11-10-13-6-4-5-7-14(13)12-17-15-8-2-1-3-9-15/h1-9H,10-12H2. The molecule has 0 fully saturated rings. The fraction of sp³-hybridized carbons (Fsp3) is 0.200. The largest absolute Gasteiger partial charge is 0.489 e. The van der Waals surface area contributed by atoms with Crippen LogP contribution in [0.4, 0.5) is 0 Å². The van der Waals surface area contributed by atoms with Crippen molar-refractivity contribution in [2.45, 2.75) is 13.0 Å². The van der Waals surface area contributed by atoms with Crippen LogP contribution in [0, 0.1) is 0 Å². The zero-order chi connectivity index (χ0) is 11.9. The summed E-state index contributed by atoms with van der Waals surface area (Å²) in [4.78, 5) is 0. The Morgan fingerprint density at radius 2 is 1.47 bits per heavy atom. The average molecular weight is 291 g/mol. The normalized spacial score (nSPS) is 10.2. The minimum atomic E-state index is 0.632. The molecule has 0 heterocycles. The molecule has 88 valence electrons. The van der Waals surface area contributed by atoms with Crippen LogP contribution in [0.5, 0.6) is 5.75 Å². The minimum Gasteiger partial charge on any atom is -0.489 e. The number of hydrogen-bond acceptors (Lipinski definition) is 1. The third-order valence-electron chi connectivity index (χ3n) is 2.62. The topological polar surface area (TPSA) is 9.23 Å². The van der Waals surface area contributed by atoms with Crippen LogP contribution < -0.4 is 4.74 Å². The van der Waals surface area contributed by atoms with Crippen LogP contribution in [0.1, 0.15) is 11.1 Å². The Labute approximate surface area is 111 Å². The first-order valence-electron chi connectivity index (χ1n) is 5.71. The lowest BCUT2D eigenvalue weighted by molar-refractivity contribution is 0.305. The highest BCUT2D eigenvalue weighted by Gasteiger charge is 2.01. The summed E-state index contributed by atoms with van der Waals surface area (Å²) in [5, 5.41) is 0.981. The predicted molar refractivity (Wildman–Crippen MR) is 74.7 cm³/mol. The van der Waals surface area contributed by atoms with E-state index < -0.39 is 0 Å². The molecule has 0 N–H and O–H groups in total. The first kappa shape index (κ1) is 12.2. The molecule has 0 saturated heterocycles. The van der Waals surface area contributed by atoms with E-state index in [-0.39, 0.29) is 0 Å². The fourth-order valence-electron chi connectivity index (χ4n) is 1.72. The molecule has 0 unspecified atom stereocenters. The van der Waals surface area contributed by atoms with Gasteiger partial charge in [-0.15, -0.1) is 0 Å². The van der Waals surface area contributed by atoms with Crippen molar-refractivity contribution >= 4 is 15.9 Å². The van der Waals surface area contributed by atoms with Gasteiger partial charge < -0.3 is 4.74 Å². The van der Waals surface area contributed by atoms with E-state index in [1.165, 1.54) is 11.1 Å². The van der Waals surface area contributed by atoms with Gasteiger partial charge in [0.1, 0.15) is 12.4 Å². The molecular formula is C15H15BrO. The maximum Gasteiger partial charge on any atom is 0.119 e. The van der Waals surface area contributed by atoms with E-state index in [0.29, 0.717) is 6.61 Å². The van der Waals surface area contributed by atoms with Gasteiger partial charge in [-0.05, 0) is 29.7 Å². The van der Waals surface area contributed by atoms with E-state index >= 15 is 0 Å². The summed E-state index contributed by atoms with van der Waals surface area (Å²) in [7, 11) is 0. The second-order valence-corrected chi connectivity index (χ2v) is 4.60. The second kappa shape index (κ2) is 6.45. The molecule has 2 heteroatoms. The Morgan fingerprint density at radius 3 is 2.18 bits per heavy atom. The van der Waals surface area contributed by atoms with Crippen molar-refractivity contribution in [2.75, 3.05) is 5.33 Å². The van der Waals surface area contributed by atoms with Gasteiger partial charge in [0.15, 0.2) is 0 Å². The molecule has 0 amide bonds. The summed E-state index contributed by atoms with van der Waals surface area (Å²) < 4.78 is 5.76. The van der Waals surface area contributed by atoms with Gasteiger partial charge >= 0.3 is 0 Å². The monoisotopic (exact) mass is 290 g/mol. The van der Waals surface area contributed by atoms with Gasteiger partial charge in [-0.1, -0.05) is 58.4 Å². The molecule has 0 spiro atoms. The van der Waals surface area contributed by atoms with Crippen LogP contribution >= 0.6 is 15.9 Å². The van der Waals surface area contributed by atoms with E-state index in [9.17, 15) is 0 Å². The SMILES string of the molecule is BrCCc1ccccc1COc1ccccc1. The summed E-state index contributed by atoms with van der Waals surface area (Å²) in [5.41, 5.74) is 2.61. The van der Waals surface area contributed by atoms with Crippen molar-refractivity contribution in [3.8, 4) is 5.75 Å². The first-order valence-corrected chi connectivity index (χ1v) is 6.83. The lowest BCUT2D eigenvalue weighted by Crippen LogP contribution is -2.00. The number of ether oxygens (including phenoxy) is 1. The van der Waals surface area contributed by atoms with E-state index in [1.54, 1.807) is 0 Å². The highest BCUT2D eigenvalue weighted by atomic mass is 79.9. The number of hydrogen-bond donors (Lipinski definition) is 0. The molecule has 0 saturated carbocycles. The zero-order valence-electron chi connectivity index (χ0n) is 9.60. The Morgan fingerprint density at radius 1 is 0.824 bits per heavy atom. The highest BCUT2D eigenvalue weighted by Crippen LogP contribution is 2.15. The van der Waals surface area contributed by atoms with Gasteiger partial charge in [-0.25, -0.2) is 0 Å². The van der Waals surface area contributed by atoms with Crippen molar-refractivity contribution in [1.82, 2.24) is 0 Å². The van der Waals surface area contributed by atoms with Crippen LogP contribution in [0.25, 0.3) is 0 Å². The van der Waals surface area contributed by atoms with Gasteiger partial charge in [0.25, 0.3) is 0 Å². The molecule has 2 rings (SSSR count). The molecule has 2 aromatic carbocycles. The summed E-state index contributed by atoms with van der Waals surface area (Å²) in [6.45, 7) is 0.632. The predicted octanol–water partition coefficient (Wildman–Crippen LogP) is 4.20. The molecule has 2 aromatic rings. The van der Waals surface area contributed by atoms with E-state index in [0.717, 1.165) is 17.5 Å². The number of aryl methyl sites for hydroxylation is 1. The third-order valence-corrected chi connectivity index (χ3v) is 3.02. The average Bonchev–Trinajstić information content (AvgIpc) is 2.39. The van der Waals surface area contributed by atoms with Crippen molar-refractivity contribution in [3.63, 3.8) is 0 Å². The Hall–Kier alpha value is -1.28. The van der Waals surface area contributed by atoms with Gasteiger partial charge in [0.05, 0.1) is 0 Å². The van der Waals surface area contributed by atoms with Gasteiger partial charge in [0, 0.05) is 5.33 Å². The number of alkyl halides is 1. The molecule has 0 radical (unpaired) electrons. The quantitative estimate of drug-likeness (QED) is 0.750. The molecule has 0 aliphatic carbocycles. The molecule has 0 aliphatic heterocycles. The first-order chi connectivity index (χ1) is 8.40. The van der Waals surface area contributed by atoms with Gasteiger partial charge in [-0.3, -0.25) is 0 Å². The van der Waals surface area contributed by atoms with Crippen molar-refractivity contribution < 1.29 is 4.74 Å². The van der Waals surface area contributed by atoms with E-state index in [1.807, 2.05) is 30.3 Å². The maximum absolute atomic E-state index is 5.76. The third kappa shape index (κ3) is 3.60. The van der Waals surface area contributed by atoms with Crippen LogP contribution in [-0.4, -0.2) is 5.33 Å². The zero-order valence-corrected chi connectivity index (χ0v) is 11.2. The Balaban J connectivity index is 2.03. The lowest BCUT2D eigenvalue weighted by atomic mass is 10.1. The van der Waals surface area contributed by atoms with Crippen LogP contribution in [0.3, 0.4) is 0 Å². The van der Waals surface area contributed by atoms with E-state index in [4.69, 9.17) is 4.74 Å². The molecule has 0 aromatic heterocycles. The van der Waals surface area contributed by atoms with Crippen LogP contribution in [0.2, 0.25) is 0 Å². The van der Waals surface area contributed by atoms with Gasteiger partial charge in [0.2, 0.25) is 0 Å². The molecule has 0 aliphatic rings. The number of para-hydroxylation sites is 1. The summed E-state index contributed by atoms with van der Waals surface area (Å²) >= 11 is 3.48. The second-order valence-electron chi connectivity index (χ2n) is 3.81. The molecule has 17 heavy (non-hydrogen) atoms. The molecule has 0 bridgehead atoms. The summed E-state index contributed by atoms with van der Waals surface area (Å²) in [6.07, 6.45) is 1.04. The molecule has 1 nitrogen and oxygen atoms in total.